The minimum Gasteiger partial charge on any atom is -0.396 e. The third-order valence-corrected chi connectivity index (χ3v) is 3.79. The third kappa shape index (κ3) is 2.69. The number of rotatable bonds is 6. The molecule has 1 saturated carbocycles. The van der Waals surface area contributed by atoms with Crippen LogP contribution in [0.15, 0.2) is 0 Å². The molecule has 1 aliphatic rings. The molecule has 0 bridgehead atoms. The fourth-order valence-electron chi connectivity index (χ4n) is 2.49. The Hall–Kier alpha value is -0.160. The first-order valence-electron chi connectivity index (χ1n) is 5.75. The molecule has 15 heavy (non-hydrogen) atoms. The fourth-order valence-corrected chi connectivity index (χ4v) is 2.49. The number of likely N-dealkylation sites (N-methyl/N-ethyl adjacent to an activating group) is 1. The van der Waals surface area contributed by atoms with Crippen LogP contribution in [-0.4, -0.2) is 58.7 Å². The van der Waals surface area contributed by atoms with Crippen molar-refractivity contribution in [3.63, 3.8) is 0 Å². The molecule has 4 nitrogen and oxygen atoms in total. The van der Waals surface area contributed by atoms with Gasteiger partial charge in [0, 0.05) is 12.6 Å². The molecule has 0 saturated heterocycles. The molecule has 0 amide bonds. The van der Waals surface area contributed by atoms with Gasteiger partial charge in [0.2, 0.25) is 0 Å². The van der Waals surface area contributed by atoms with Gasteiger partial charge in [-0.05, 0) is 26.3 Å². The molecule has 1 aliphatic carbocycles. The molecule has 0 radical (unpaired) electrons. The van der Waals surface area contributed by atoms with Gasteiger partial charge in [0.15, 0.2) is 0 Å². The second-order valence-corrected chi connectivity index (χ2v) is 4.56. The van der Waals surface area contributed by atoms with Crippen LogP contribution in [-0.2, 0) is 0 Å². The number of hydrogen-bond donors (Lipinski definition) is 3. The maximum atomic E-state index is 9.43. The lowest BCUT2D eigenvalue weighted by Gasteiger charge is -2.42. The van der Waals surface area contributed by atoms with Gasteiger partial charge in [-0.3, -0.25) is 4.90 Å². The maximum absolute atomic E-state index is 9.43. The van der Waals surface area contributed by atoms with Crippen LogP contribution in [0, 0.1) is 0 Å². The summed E-state index contributed by atoms with van der Waals surface area (Å²) < 4.78 is 0. The lowest BCUT2D eigenvalue weighted by molar-refractivity contribution is -0.0345. The largest absolute Gasteiger partial charge is 0.396 e. The van der Waals surface area contributed by atoms with Gasteiger partial charge in [-0.15, -0.1) is 0 Å². The molecule has 0 aromatic carbocycles. The van der Waals surface area contributed by atoms with E-state index in [2.05, 4.69) is 4.90 Å². The van der Waals surface area contributed by atoms with Gasteiger partial charge in [-0.1, -0.05) is 12.8 Å². The van der Waals surface area contributed by atoms with Crippen LogP contribution in [0.2, 0.25) is 0 Å². The summed E-state index contributed by atoms with van der Waals surface area (Å²) in [5.74, 6) is 0. The van der Waals surface area contributed by atoms with Crippen molar-refractivity contribution in [2.45, 2.75) is 43.7 Å². The Morgan fingerprint density at radius 2 is 1.67 bits per heavy atom. The molecule has 0 aromatic heterocycles. The molecular formula is C11H23NO3. The van der Waals surface area contributed by atoms with Gasteiger partial charge >= 0.3 is 0 Å². The smallest absolute Gasteiger partial charge is 0.0694 e. The van der Waals surface area contributed by atoms with Crippen molar-refractivity contribution in [2.75, 3.05) is 26.9 Å². The summed E-state index contributed by atoms with van der Waals surface area (Å²) in [6, 6.07) is 0.441. The second-order valence-electron chi connectivity index (χ2n) is 4.56. The van der Waals surface area contributed by atoms with Crippen molar-refractivity contribution in [3.05, 3.63) is 0 Å². The van der Waals surface area contributed by atoms with Crippen molar-refractivity contribution < 1.29 is 15.3 Å². The lowest BCUT2D eigenvalue weighted by Crippen LogP contribution is -2.56. The van der Waals surface area contributed by atoms with Crippen molar-refractivity contribution in [1.82, 2.24) is 4.90 Å². The molecule has 0 aliphatic heterocycles. The molecule has 1 rings (SSSR count). The SMILES string of the molecule is CN(C1CCCC1)C(CO)(CO)CCO. The molecule has 0 heterocycles. The van der Waals surface area contributed by atoms with Gasteiger partial charge in [-0.25, -0.2) is 0 Å². The number of nitrogens with zero attached hydrogens (tertiary/aromatic N) is 1. The van der Waals surface area contributed by atoms with Crippen LogP contribution in [0.3, 0.4) is 0 Å². The molecule has 4 heteroatoms. The predicted octanol–water partition coefficient (Wildman–Crippen LogP) is -0.0334. The quantitative estimate of drug-likeness (QED) is 0.584. The van der Waals surface area contributed by atoms with E-state index < -0.39 is 5.54 Å². The van der Waals surface area contributed by atoms with Crippen LogP contribution in [0.5, 0.6) is 0 Å². The molecule has 0 aromatic rings. The standard InChI is InChI=1S/C11H23NO3/c1-12(10-4-2-3-5-10)11(8-14,9-15)6-7-13/h10,13-15H,2-9H2,1H3. The average molecular weight is 217 g/mol. The normalized spacial score (nSPS) is 19.0. The van der Waals surface area contributed by atoms with Crippen molar-refractivity contribution in [3.8, 4) is 0 Å². The summed E-state index contributed by atoms with van der Waals surface area (Å²) in [7, 11) is 1.94. The minimum atomic E-state index is -0.649. The van der Waals surface area contributed by atoms with Crippen molar-refractivity contribution in [2.24, 2.45) is 0 Å². The van der Waals surface area contributed by atoms with E-state index in [0.717, 1.165) is 12.8 Å². The molecule has 90 valence electrons. The molecule has 1 fully saturated rings. The van der Waals surface area contributed by atoms with E-state index in [1.807, 2.05) is 7.05 Å². The van der Waals surface area contributed by atoms with Crippen molar-refractivity contribution >= 4 is 0 Å². The second kappa shape index (κ2) is 5.80. The summed E-state index contributed by atoms with van der Waals surface area (Å²) >= 11 is 0. The van der Waals surface area contributed by atoms with Gasteiger partial charge in [-0.2, -0.15) is 0 Å². The van der Waals surface area contributed by atoms with E-state index in [-0.39, 0.29) is 19.8 Å². The summed E-state index contributed by atoms with van der Waals surface area (Å²) in [6.07, 6.45) is 5.13. The van der Waals surface area contributed by atoms with Crippen LogP contribution < -0.4 is 0 Å². The summed E-state index contributed by atoms with van der Waals surface area (Å²) in [5.41, 5.74) is -0.649. The summed E-state index contributed by atoms with van der Waals surface area (Å²) in [5, 5.41) is 27.9. The van der Waals surface area contributed by atoms with Crippen LogP contribution in [0.4, 0.5) is 0 Å². The minimum absolute atomic E-state index is 0.00181. The van der Waals surface area contributed by atoms with Gasteiger partial charge in [0.25, 0.3) is 0 Å². The zero-order chi connectivity index (χ0) is 11.3. The number of aliphatic hydroxyl groups is 3. The van der Waals surface area contributed by atoms with Gasteiger partial charge < -0.3 is 15.3 Å². The van der Waals surface area contributed by atoms with E-state index in [0.29, 0.717) is 12.5 Å². The van der Waals surface area contributed by atoms with E-state index in [1.165, 1.54) is 12.8 Å². The first kappa shape index (κ1) is 12.9. The number of hydrogen-bond acceptors (Lipinski definition) is 4. The van der Waals surface area contributed by atoms with Gasteiger partial charge in [0.1, 0.15) is 0 Å². The first-order chi connectivity index (χ1) is 7.20. The zero-order valence-corrected chi connectivity index (χ0v) is 9.52. The monoisotopic (exact) mass is 217 g/mol. The fraction of sp³-hybridized carbons (Fsp3) is 1.00. The van der Waals surface area contributed by atoms with Gasteiger partial charge in [0.05, 0.1) is 18.8 Å². The maximum Gasteiger partial charge on any atom is 0.0694 e. The van der Waals surface area contributed by atoms with E-state index in [9.17, 15) is 10.2 Å². The van der Waals surface area contributed by atoms with Crippen LogP contribution in [0.1, 0.15) is 32.1 Å². The van der Waals surface area contributed by atoms with Crippen LogP contribution >= 0.6 is 0 Å². The van der Waals surface area contributed by atoms with E-state index in [1.54, 1.807) is 0 Å². The highest BCUT2D eigenvalue weighted by Gasteiger charge is 2.37. The van der Waals surface area contributed by atoms with E-state index in [4.69, 9.17) is 5.11 Å². The molecular weight excluding hydrogens is 194 g/mol. The Bertz CT molecular complexity index is 177. The predicted molar refractivity (Wildman–Crippen MR) is 58.6 cm³/mol. The van der Waals surface area contributed by atoms with Crippen LogP contribution in [0.25, 0.3) is 0 Å². The molecule has 0 atom stereocenters. The zero-order valence-electron chi connectivity index (χ0n) is 9.52. The Balaban J connectivity index is 2.67. The lowest BCUT2D eigenvalue weighted by atomic mass is 9.93. The first-order valence-corrected chi connectivity index (χ1v) is 5.75. The molecule has 0 spiro atoms. The summed E-state index contributed by atoms with van der Waals surface area (Å²) in [4.78, 5) is 2.07. The Labute approximate surface area is 91.5 Å². The Kier molecular flexibility index (Phi) is 4.99. The Morgan fingerprint density at radius 3 is 2.07 bits per heavy atom. The Morgan fingerprint density at radius 1 is 1.13 bits per heavy atom. The highest BCUT2D eigenvalue weighted by molar-refractivity contribution is 4.92. The third-order valence-electron chi connectivity index (χ3n) is 3.79. The molecule has 3 N–H and O–H groups in total. The number of aliphatic hydroxyl groups excluding tert-OH is 3. The average Bonchev–Trinajstić information content (AvgIpc) is 2.78. The van der Waals surface area contributed by atoms with Crippen molar-refractivity contribution in [1.29, 1.82) is 0 Å². The highest BCUT2D eigenvalue weighted by Crippen LogP contribution is 2.29. The highest BCUT2D eigenvalue weighted by atomic mass is 16.3. The molecule has 0 unspecified atom stereocenters. The summed E-state index contributed by atoms with van der Waals surface area (Å²) in [6.45, 7) is -0.202. The topological polar surface area (TPSA) is 63.9 Å². The van der Waals surface area contributed by atoms with E-state index >= 15 is 0 Å².